The van der Waals surface area contributed by atoms with Gasteiger partial charge in [0.2, 0.25) is 11.8 Å². The maximum atomic E-state index is 12.0. The smallest absolute Gasteiger partial charge is 0.228 e. The van der Waals surface area contributed by atoms with E-state index in [9.17, 15) is 9.59 Å². The van der Waals surface area contributed by atoms with Crippen molar-refractivity contribution < 1.29 is 9.59 Å². The van der Waals surface area contributed by atoms with Crippen LogP contribution in [0.1, 0.15) is 26.1 Å². The lowest BCUT2D eigenvalue weighted by Gasteiger charge is -2.20. The Balaban J connectivity index is 1.94. The minimum absolute atomic E-state index is 0.0793. The molecule has 2 N–H and O–H groups in total. The highest BCUT2D eigenvalue weighted by Gasteiger charge is 2.40. The topological polar surface area (TPSA) is 88.9 Å². The molecule has 0 spiro atoms. The fourth-order valence-electron chi connectivity index (χ4n) is 2.00. The van der Waals surface area contributed by atoms with Crippen molar-refractivity contribution in [3.63, 3.8) is 0 Å². The summed E-state index contributed by atoms with van der Waals surface area (Å²) < 4.78 is 1.72. The summed E-state index contributed by atoms with van der Waals surface area (Å²) in [5.74, 6) is 0.502. The fraction of sp³-hybridized carbons (Fsp3) is 0.636. The van der Waals surface area contributed by atoms with Crippen LogP contribution in [-0.4, -0.2) is 33.1 Å². The zero-order valence-corrected chi connectivity index (χ0v) is 10.6. The van der Waals surface area contributed by atoms with Crippen molar-refractivity contribution >= 4 is 11.8 Å². The lowest BCUT2D eigenvalue weighted by Crippen LogP contribution is -2.40. The number of aromatic nitrogens is 3. The van der Waals surface area contributed by atoms with Crippen LogP contribution < -0.4 is 10.6 Å². The SMILES string of the molecule is CCn1ncnc1CNC(=O)C1(C)CNC(=O)C1. The number of aryl methyl sites for hydroxylation is 1. The van der Waals surface area contributed by atoms with Gasteiger partial charge in [0.25, 0.3) is 0 Å². The summed E-state index contributed by atoms with van der Waals surface area (Å²) in [7, 11) is 0. The van der Waals surface area contributed by atoms with Crippen molar-refractivity contribution in [3.8, 4) is 0 Å². The molecule has 7 heteroatoms. The second-order valence-electron chi connectivity index (χ2n) is 4.69. The monoisotopic (exact) mass is 251 g/mol. The van der Waals surface area contributed by atoms with E-state index in [1.807, 2.05) is 6.92 Å². The van der Waals surface area contributed by atoms with Gasteiger partial charge < -0.3 is 10.6 Å². The van der Waals surface area contributed by atoms with E-state index in [0.29, 0.717) is 25.5 Å². The molecule has 1 aromatic heterocycles. The predicted octanol–water partition coefficient (Wildman–Crippen LogP) is -0.560. The zero-order chi connectivity index (χ0) is 13.2. The van der Waals surface area contributed by atoms with Gasteiger partial charge in [-0.1, -0.05) is 0 Å². The number of nitrogens with zero attached hydrogens (tertiary/aromatic N) is 3. The Kier molecular flexibility index (Phi) is 3.31. The van der Waals surface area contributed by atoms with E-state index in [0.717, 1.165) is 0 Å². The molecular weight excluding hydrogens is 234 g/mol. The minimum Gasteiger partial charge on any atom is -0.355 e. The summed E-state index contributed by atoms with van der Waals surface area (Å²) in [6.45, 7) is 5.17. The Morgan fingerprint density at radius 3 is 3.06 bits per heavy atom. The first-order chi connectivity index (χ1) is 8.55. The number of carbonyl (C=O) groups excluding carboxylic acids is 2. The van der Waals surface area contributed by atoms with Gasteiger partial charge in [-0.05, 0) is 13.8 Å². The van der Waals surface area contributed by atoms with Gasteiger partial charge >= 0.3 is 0 Å². The average Bonchev–Trinajstić information content (AvgIpc) is 2.93. The van der Waals surface area contributed by atoms with Crippen molar-refractivity contribution in [1.82, 2.24) is 25.4 Å². The van der Waals surface area contributed by atoms with Gasteiger partial charge in [0.15, 0.2) is 0 Å². The van der Waals surface area contributed by atoms with Crippen LogP contribution in [0.3, 0.4) is 0 Å². The Bertz CT molecular complexity index is 470. The van der Waals surface area contributed by atoms with Crippen LogP contribution in [0.2, 0.25) is 0 Å². The first kappa shape index (κ1) is 12.5. The molecule has 0 saturated carbocycles. The molecule has 2 amide bonds. The van der Waals surface area contributed by atoms with Crippen molar-refractivity contribution in [2.24, 2.45) is 5.41 Å². The number of rotatable bonds is 4. The van der Waals surface area contributed by atoms with E-state index < -0.39 is 5.41 Å². The van der Waals surface area contributed by atoms with E-state index in [1.165, 1.54) is 6.33 Å². The second kappa shape index (κ2) is 4.75. The maximum absolute atomic E-state index is 12.0. The molecule has 7 nitrogen and oxygen atoms in total. The molecule has 1 aromatic rings. The van der Waals surface area contributed by atoms with Gasteiger partial charge in [-0.15, -0.1) is 0 Å². The largest absolute Gasteiger partial charge is 0.355 e. The molecule has 1 aliphatic rings. The highest BCUT2D eigenvalue weighted by molar-refractivity contribution is 5.92. The summed E-state index contributed by atoms with van der Waals surface area (Å²) in [5.41, 5.74) is -0.659. The molecule has 1 atom stereocenters. The van der Waals surface area contributed by atoms with Gasteiger partial charge in [-0.2, -0.15) is 5.10 Å². The summed E-state index contributed by atoms with van der Waals surface area (Å²) >= 11 is 0. The van der Waals surface area contributed by atoms with Crippen LogP contribution in [0.4, 0.5) is 0 Å². The van der Waals surface area contributed by atoms with Gasteiger partial charge in [0.1, 0.15) is 12.2 Å². The first-order valence-electron chi connectivity index (χ1n) is 5.97. The number of amides is 2. The highest BCUT2D eigenvalue weighted by atomic mass is 16.2. The van der Waals surface area contributed by atoms with Gasteiger partial charge in [0.05, 0.1) is 12.0 Å². The summed E-state index contributed by atoms with van der Waals surface area (Å²) in [4.78, 5) is 27.3. The summed E-state index contributed by atoms with van der Waals surface area (Å²) in [6, 6.07) is 0. The Labute approximate surface area is 105 Å². The van der Waals surface area contributed by atoms with Crippen LogP contribution in [0.25, 0.3) is 0 Å². The van der Waals surface area contributed by atoms with Gasteiger partial charge in [-0.25, -0.2) is 9.67 Å². The van der Waals surface area contributed by atoms with E-state index in [-0.39, 0.29) is 18.2 Å². The van der Waals surface area contributed by atoms with Gasteiger partial charge in [-0.3, -0.25) is 9.59 Å². The van der Waals surface area contributed by atoms with Gasteiger partial charge in [0, 0.05) is 19.5 Å². The Morgan fingerprint density at radius 2 is 2.44 bits per heavy atom. The second-order valence-corrected chi connectivity index (χ2v) is 4.69. The molecule has 2 rings (SSSR count). The Morgan fingerprint density at radius 1 is 1.67 bits per heavy atom. The normalized spacial score (nSPS) is 22.9. The number of hydrogen-bond donors (Lipinski definition) is 2. The molecule has 0 aliphatic carbocycles. The van der Waals surface area contributed by atoms with Crippen LogP contribution in [0, 0.1) is 5.41 Å². The highest BCUT2D eigenvalue weighted by Crippen LogP contribution is 2.25. The molecule has 2 heterocycles. The summed E-state index contributed by atoms with van der Waals surface area (Å²) in [6.07, 6.45) is 1.70. The molecule has 98 valence electrons. The molecular formula is C11H17N5O2. The third-order valence-corrected chi connectivity index (χ3v) is 3.18. The number of carbonyl (C=O) groups is 2. The van der Waals surface area contributed by atoms with Crippen molar-refractivity contribution in [3.05, 3.63) is 12.2 Å². The number of hydrogen-bond acceptors (Lipinski definition) is 4. The van der Waals surface area contributed by atoms with E-state index in [1.54, 1.807) is 11.6 Å². The predicted molar refractivity (Wildman–Crippen MR) is 63.3 cm³/mol. The quantitative estimate of drug-likeness (QED) is 0.750. The van der Waals surface area contributed by atoms with Crippen molar-refractivity contribution in [2.75, 3.05) is 6.54 Å². The molecule has 18 heavy (non-hydrogen) atoms. The van der Waals surface area contributed by atoms with Crippen LogP contribution in [0.5, 0.6) is 0 Å². The van der Waals surface area contributed by atoms with Crippen molar-refractivity contribution in [1.29, 1.82) is 0 Å². The zero-order valence-electron chi connectivity index (χ0n) is 10.6. The third kappa shape index (κ3) is 2.34. The third-order valence-electron chi connectivity index (χ3n) is 3.18. The van der Waals surface area contributed by atoms with E-state index >= 15 is 0 Å². The standard InChI is InChI=1S/C11H17N5O2/c1-3-16-8(14-7-15-16)5-12-10(18)11(2)4-9(17)13-6-11/h7H,3-6H2,1-2H3,(H,12,18)(H,13,17). The van der Waals surface area contributed by atoms with E-state index in [2.05, 4.69) is 20.7 Å². The first-order valence-corrected chi connectivity index (χ1v) is 5.97. The summed E-state index contributed by atoms with van der Waals surface area (Å²) in [5, 5.41) is 9.51. The lowest BCUT2D eigenvalue weighted by atomic mass is 9.88. The van der Waals surface area contributed by atoms with Crippen LogP contribution in [0.15, 0.2) is 6.33 Å². The molecule has 0 aromatic carbocycles. The van der Waals surface area contributed by atoms with E-state index in [4.69, 9.17) is 0 Å². The average molecular weight is 251 g/mol. The fourth-order valence-corrected chi connectivity index (χ4v) is 2.00. The molecule has 0 radical (unpaired) electrons. The molecule has 1 saturated heterocycles. The Hall–Kier alpha value is -1.92. The van der Waals surface area contributed by atoms with Crippen molar-refractivity contribution in [2.45, 2.75) is 33.4 Å². The van der Waals surface area contributed by atoms with Crippen LogP contribution in [-0.2, 0) is 22.7 Å². The molecule has 1 aliphatic heterocycles. The number of nitrogens with one attached hydrogen (secondary N) is 2. The van der Waals surface area contributed by atoms with Crippen LogP contribution >= 0.6 is 0 Å². The molecule has 1 unspecified atom stereocenters. The molecule has 1 fully saturated rings. The lowest BCUT2D eigenvalue weighted by molar-refractivity contribution is -0.131. The minimum atomic E-state index is -0.659. The maximum Gasteiger partial charge on any atom is 0.228 e. The molecule has 0 bridgehead atoms.